The third-order valence-corrected chi connectivity index (χ3v) is 4.79. The van der Waals surface area contributed by atoms with Gasteiger partial charge in [0.25, 0.3) is 5.91 Å². The molecule has 1 aromatic heterocycles. The highest BCUT2D eigenvalue weighted by Gasteiger charge is 2.36. The molecule has 0 N–H and O–H groups in total. The van der Waals surface area contributed by atoms with Crippen LogP contribution in [0.2, 0.25) is 0 Å². The van der Waals surface area contributed by atoms with Crippen LogP contribution in [0, 0.1) is 6.92 Å². The number of carbonyl (C=O) groups excluding carboxylic acids is 1. The summed E-state index contributed by atoms with van der Waals surface area (Å²) in [6.07, 6.45) is 2.60. The normalized spacial score (nSPS) is 17.0. The second kappa shape index (κ2) is 7.17. The van der Waals surface area contributed by atoms with Gasteiger partial charge in [0, 0.05) is 18.5 Å². The van der Waals surface area contributed by atoms with E-state index in [9.17, 15) is 4.79 Å². The number of hydrogen-bond acceptors (Lipinski definition) is 5. The topological polar surface area (TPSA) is 64.8 Å². The molecule has 0 radical (unpaired) electrons. The summed E-state index contributed by atoms with van der Waals surface area (Å²) in [6, 6.07) is 5.35. The lowest BCUT2D eigenvalue weighted by Gasteiger charge is -2.26. The first-order valence-electron chi connectivity index (χ1n) is 8.59. The number of rotatable bonds is 5. The third kappa shape index (κ3) is 2.97. The van der Waals surface area contributed by atoms with Crippen LogP contribution in [0.5, 0.6) is 11.5 Å². The maximum absolute atomic E-state index is 13.3. The molecule has 6 heteroatoms. The maximum Gasteiger partial charge on any atom is 0.261 e. The Hall–Kier alpha value is -2.50. The van der Waals surface area contributed by atoms with Crippen molar-refractivity contribution < 1.29 is 18.8 Å². The number of amides is 1. The van der Waals surface area contributed by atoms with E-state index in [1.54, 1.807) is 26.4 Å². The van der Waals surface area contributed by atoms with Crippen molar-refractivity contribution in [3.05, 3.63) is 40.8 Å². The molecule has 1 aliphatic rings. The Morgan fingerprint density at radius 3 is 2.60 bits per heavy atom. The predicted octanol–water partition coefficient (Wildman–Crippen LogP) is 3.54. The van der Waals surface area contributed by atoms with Crippen LogP contribution in [0.25, 0.3) is 0 Å². The molecule has 0 spiro atoms. The summed E-state index contributed by atoms with van der Waals surface area (Å²) in [6.45, 7) is 4.66. The average Bonchev–Trinajstić information content (AvgIpc) is 3.25. The first-order chi connectivity index (χ1) is 12.1. The molecule has 1 fully saturated rings. The Labute approximate surface area is 147 Å². The number of aryl methyl sites for hydroxylation is 2. The van der Waals surface area contributed by atoms with Crippen LogP contribution in [-0.4, -0.2) is 36.7 Å². The van der Waals surface area contributed by atoms with E-state index in [2.05, 4.69) is 5.16 Å². The number of ether oxygens (including phenoxy) is 2. The summed E-state index contributed by atoms with van der Waals surface area (Å²) in [5.74, 6) is 1.81. The molecule has 0 unspecified atom stereocenters. The van der Waals surface area contributed by atoms with Crippen molar-refractivity contribution in [3.63, 3.8) is 0 Å². The molecule has 0 saturated carbocycles. The molecule has 0 aliphatic carbocycles. The minimum atomic E-state index is -0.0838. The number of methoxy groups -OCH3 is 2. The fraction of sp³-hybridized carbons (Fsp3) is 0.474. The summed E-state index contributed by atoms with van der Waals surface area (Å²) in [5, 5.41) is 4.10. The van der Waals surface area contributed by atoms with Gasteiger partial charge in [-0.3, -0.25) is 4.79 Å². The van der Waals surface area contributed by atoms with Crippen LogP contribution in [-0.2, 0) is 6.42 Å². The number of benzene rings is 1. The summed E-state index contributed by atoms with van der Waals surface area (Å²) < 4.78 is 16.3. The summed E-state index contributed by atoms with van der Waals surface area (Å²) in [4.78, 5) is 15.2. The quantitative estimate of drug-likeness (QED) is 0.830. The van der Waals surface area contributed by atoms with Gasteiger partial charge >= 0.3 is 0 Å². The molecule has 2 aromatic rings. The van der Waals surface area contributed by atoms with Crippen molar-refractivity contribution in [2.45, 2.75) is 39.2 Å². The standard InChI is InChI=1S/C19H24N2O4/c1-5-14-17(12(2)20-25-14)13-8-7-11-21(13)19(22)18-15(23-3)9-6-10-16(18)24-4/h6,9-10,13H,5,7-8,11H2,1-4H3/t13-/m1/s1. The predicted molar refractivity (Wildman–Crippen MR) is 93.2 cm³/mol. The molecule has 6 nitrogen and oxygen atoms in total. The van der Waals surface area contributed by atoms with Gasteiger partial charge < -0.3 is 18.9 Å². The first kappa shape index (κ1) is 17.3. The maximum atomic E-state index is 13.3. The highest BCUT2D eigenvalue weighted by Crippen LogP contribution is 2.39. The fourth-order valence-electron chi connectivity index (χ4n) is 3.62. The van der Waals surface area contributed by atoms with Crippen LogP contribution in [0.1, 0.15) is 53.2 Å². The van der Waals surface area contributed by atoms with Crippen molar-refractivity contribution in [1.82, 2.24) is 10.1 Å². The summed E-state index contributed by atoms with van der Waals surface area (Å²) >= 11 is 0. The van der Waals surface area contributed by atoms with Crippen LogP contribution >= 0.6 is 0 Å². The van der Waals surface area contributed by atoms with E-state index in [1.165, 1.54) is 0 Å². The van der Waals surface area contributed by atoms with Gasteiger partial charge in [-0.2, -0.15) is 0 Å². The van der Waals surface area contributed by atoms with Gasteiger partial charge in [-0.05, 0) is 31.9 Å². The van der Waals surface area contributed by atoms with Crippen molar-refractivity contribution >= 4 is 5.91 Å². The van der Waals surface area contributed by atoms with E-state index < -0.39 is 0 Å². The molecule has 1 atom stereocenters. The molecular weight excluding hydrogens is 320 g/mol. The third-order valence-electron chi connectivity index (χ3n) is 4.79. The Morgan fingerprint density at radius 1 is 1.32 bits per heavy atom. The Bertz CT molecular complexity index is 747. The van der Waals surface area contributed by atoms with Crippen LogP contribution in [0.4, 0.5) is 0 Å². The highest BCUT2D eigenvalue weighted by molar-refractivity contribution is 6.00. The van der Waals surface area contributed by atoms with Gasteiger partial charge in [0.1, 0.15) is 22.8 Å². The van der Waals surface area contributed by atoms with Gasteiger partial charge in [-0.1, -0.05) is 18.1 Å². The lowest BCUT2D eigenvalue weighted by atomic mass is 10.0. The zero-order valence-electron chi connectivity index (χ0n) is 15.2. The van der Waals surface area contributed by atoms with Crippen molar-refractivity contribution in [2.24, 2.45) is 0 Å². The number of aromatic nitrogens is 1. The lowest BCUT2D eigenvalue weighted by Crippen LogP contribution is -2.31. The zero-order chi connectivity index (χ0) is 18.0. The van der Waals surface area contributed by atoms with E-state index in [0.717, 1.165) is 36.3 Å². The molecule has 0 bridgehead atoms. The highest BCUT2D eigenvalue weighted by atomic mass is 16.5. The number of likely N-dealkylation sites (tertiary alicyclic amines) is 1. The lowest BCUT2D eigenvalue weighted by molar-refractivity contribution is 0.0727. The minimum absolute atomic E-state index is 0.0247. The van der Waals surface area contributed by atoms with Gasteiger partial charge in [-0.15, -0.1) is 0 Å². The molecular formula is C19H24N2O4. The molecule has 25 heavy (non-hydrogen) atoms. The van der Waals surface area contributed by atoms with E-state index >= 15 is 0 Å². The molecule has 1 aliphatic heterocycles. The minimum Gasteiger partial charge on any atom is -0.496 e. The van der Waals surface area contributed by atoms with Gasteiger partial charge in [0.2, 0.25) is 0 Å². The molecule has 1 aromatic carbocycles. The van der Waals surface area contributed by atoms with Crippen LogP contribution in [0.15, 0.2) is 22.7 Å². The van der Waals surface area contributed by atoms with Crippen molar-refractivity contribution in [1.29, 1.82) is 0 Å². The second-order valence-corrected chi connectivity index (χ2v) is 6.15. The summed E-state index contributed by atoms with van der Waals surface area (Å²) in [7, 11) is 3.12. The van der Waals surface area contributed by atoms with E-state index in [1.807, 2.05) is 24.8 Å². The summed E-state index contributed by atoms with van der Waals surface area (Å²) in [5.41, 5.74) is 2.36. The molecule has 1 amide bonds. The van der Waals surface area contributed by atoms with Gasteiger partial charge in [0.15, 0.2) is 0 Å². The number of carbonyl (C=O) groups is 1. The number of hydrogen-bond donors (Lipinski definition) is 0. The Morgan fingerprint density at radius 2 is 2.00 bits per heavy atom. The van der Waals surface area contributed by atoms with E-state index in [-0.39, 0.29) is 11.9 Å². The van der Waals surface area contributed by atoms with Crippen molar-refractivity contribution in [3.8, 4) is 11.5 Å². The smallest absolute Gasteiger partial charge is 0.261 e. The van der Waals surface area contributed by atoms with E-state index in [4.69, 9.17) is 14.0 Å². The number of nitrogens with zero attached hydrogens (tertiary/aromatic N) is 2. The second-order valence-electron chi connectivity index (χ2n) is 6.15. The van der Waals surface area contributed by atoms with E-state index in [0.29, 0.717) is 23.6 Å². The van der Waals surface area contributed by atoms with Crippen LogP contribution in [0.3, 0.4) is 0 Å². The van der Waals surface area contributed by atoms with Gasteiger partial charge in [0.05, 0.1) is 26.0 Å². The Kier molecular flexibility index (Phi) is 4.97. The largest absolute Gasteiger partial charge is 0.496 e. The van der Waals surface area contributed by atoms with Crippen molar-refractivity contribution in [2.75, 3.05) is 20.8 Å². The molecule has 3 rings (SSSR count). The Balaban J connectivity index is 2.01. The van der Waals surface area contributed by atoms with Crippen LogP contribution < -0.4 is 9.47 Å². The molecule has 134 valence electrons. The fourth-order valence-corrected chi connectivity index (χ4v) is 3.62. The molecule has 1 saturated heterocycles. The molecule has 2 heterocycles. The first-order valence-corrected chi connectivity index (χ1v) is 8.59. The van der Waals surface area contributed by atoms with Gasteiger partial charge in [-0.25, -0.2) is 0 Å². The monoisotopic (exact) mass is 344 g/mol. The zero-order valence-corrected chi connectivity index (χ0v) is 15.2. The average molecular weight is 344 g/mol. The SMILES string of the molecule is CCc1onc(C)c1[C@H]1CCCN1C(=O)c1c(OC)cccc1OC.